The van der Waals surface area contributed by atoms with Crippen LogP contribution in [0, 0.1) is 0 Å². The molecule has 21 heavy (non-hydrogen) atoms. The fourth-order valence-corrected chi connectivity index (χ4v) is 4.72. The third kappa shape index (κ3) is 3.95. The maximum atomic E-state index is 11.6. The lowest BCUT2D eigenvalue weighted by atomic mass is 9.91. The number of nitrogens with two attached hydrogens (primary N) is 1. The predicted octanol–water partition coefficient (Wildman–Crippen LogP) is -0.653. The molecule has 0 aromatic rings. The average Bonchev–Trinajstić information content (AvgIpc) is 2.82. The molecule has 1 aliphatic carbocycles. The largest absolute Gasteiger partial charge is 0.459 e. The van der Waals surface area contributed by atoms with Gasteiger partial charge in [0.2, 0.25) is 0 Å². The number of hydrogen-bond acceptors (Lipinski definition) is 7. The van der Waals surface area contributed by atoms with E-state index in [2.05, 4.69) is 15.0 Å². The van der Waals surface area contributed by atoms with Crippen molar-refractivity contribution < 1.29 is 22.7 Å². The Morgan fingerprint density at radius 1 is 1.48 bits per heavy atom. The van der Waals surface area contributed by atoms with Gasteiger partial charge >= 0.3 is 11.9 Å². The van der Waals surface area contributed by atoms with E-state index < -0.39 is 21.9 Å². The molecule has 0 bridgehead atoms. The number of thioether (sulfide) groups is 1. The highest BCUT2D eigenvalue weighted by Gasteiger charge is 2.40. The first-order valence-electron chi connectivity index (χ1n) is 6.56. The van der Waals surface area contributed by atoms with Gasteiger partial charge in [0.05, 0.1) is 12.6 Å². The van der Waals surface area contributed by atoms with Gasteiger partial charge in [-0.05, 0) is 26.2 Å². The predicted molar refractivity (Wildman–Crippen MR) is 78.1 cm³/mol. The molecule has 2 rings (SSSR count). The number of primary sulfonamides is 1. The number of hydrogen-bond donors (Lipinski definition) is 2. The van der Waals surface area contributed by atoms with E-state index in [1.807, 2.05) is 0 Å². The molecule has 0 radical (unpaired) electrons. The van der Waals surface area contributed by atoms with E-state index in [0.717, 1.165) is 11.8 Å². The first-order chi connectivity index (χ1) is 9.81. The van der Waals surface area contributed by atoms with Gasteiger partial charge in [-0.3, -0.25) is 9.79 Å². The molecule has 1 heterocycles. The Balaban J connectivity index is 1.91. The van der Waals surface area contributed by atoms with E-state index in [9.17, 15) is 18.0 Å². The van der Waals surface area contributed by atoms with Crippen LogP contribution in [0.4, 0.5) is 0 Å². The van der Waals surface area contributed by atoms with Gasteiger partial charge < -0.3 is 10.1 Å². The first kappa shape index (κ1) is 16.2. The number of esters is 1. The average molecular weight is 335 g/mol. The molecule has 0 aromatic carbocycles. The van der Waals surface area contributed by atoms with Gasteiger partial charge in [-0.1, -0.05) is 11.8 Å². The molecule has 3 unspecified atom stereocenters. The number of nitrogens with zero attached hydrogens (tertiary/aromatic N) is 1. The number of ether oxygens (including phenoxy) is 1. The van der Waals surface area contributed by atoms with Gasteiger partial charge in [0.15, 0.2) is 4.38 Å². The van der Waals surface area contributed by atoms with Crippen LogP contribution in [0.15, 0.2) is 4.99 Å². The van der Waals surface area contributed by atoms with Crippen molar-refractivity contribution in [3.8, 4) is 0 Å². The zero-order valence-electron chi connectivity index (χ0n) is 11.4. The summed E-state index contributed by atoms with van der Waals surface area (Å²) in [7, 11) is -3.77. The molecule has 0 saturated heterocycles. The number of fused-ring (bicyclic) bond motifs is 1. The van der Waals surface area contributed by atoms with E-state index >= 15 is 0 Å². The molecule has 2 aliphatic rings. The maximum Gasteiger partial charge on any atom is 0.396 e. The summed E-state index contributed by atoms with van der Waals surface area (Å²) in [5.41, 5.74) is 0. The van der Waals surface area contributed by atoms with Gasteiger partial charge in [-0.25, -0.2) is 18.4 Å². The van der Waals surface area contributed by atoms with E-state index in [0.29, 0.717) is 19.3 Å². The van der Waals surface area contributed by atoms with E-state index in [1.165, 1.54) is 0 Å². The standard InChI is InChI=1S/C11H17N3O5S2/c1-2-19-10(16)9(15)13-6-3-4-7-8(5-6)20-11(14-7)21(12,17)18/h6-8H,2-5H2,1H3,(H,13,15)(H2,12,17,18). The number of rotatable bonds is 2. The first-order valence-corrected chi connectivity index (χ1v) is 8.98. The molecule has 8 nitrogen and oxygen atoms in total. The quantitative estimate of drug-likeness (QED) is 0.509. The Kier molecular flexibility index (Phi) is 4.89. The zero-order valence-corrected chi connectivity index (χ0v) is 13.1. The summed E-state index contributed by atoms with van der Waals surface area (Å²) in [5.74, 6) is -1.67. The van der Waals surface area contributed by atoms with Gasteiger partial charge in [0.1, 0.15) is 0 Å². The monoisotopic (exact) mass is 335 g/mol. The van der Waals surface area contributed by atoms with Crippen LogP contribution in [0.25, 0.3) is 0 Å². The highest BCUT2D eigenvalue weighted by atomic mass is 32.3. The molecule has 1 saturated carbocycles. The Morgan fingerprint density at radius 2 is 2.19 bits per heavy atom. The van der Waals surface area contributed by atoms with Crippen LogP contribution in [0.2, 0.25) is 0 Å². The second-order valence-electron chi connectivity index (χ2n) is 4.87. The van der Waals surface area contributed by atoms with E-state index in [1.54, 1.807) is 6.92 Å². The van der Waals surface area contributed by atoms with E-state index in [4.69, 9.17) is 5.14 Å². The van der Waals surface area contributed by atoms with Crippen molar-refractivity contribution >= 4 is 38.0 Å². The van der Waals surface area contributed by atoms with Crippen molar-refractivity contribution in [2.75, 3.05) is 6.61 Å². The number of carbonyl (C=O) groups excluding carboxylic acids is 2. The molecular weight excluding hydrogens is 318 g/mol. The molecule has 1 aliphatic heterocycles. The van der Waals surface area contributed by atoms with Crippen LogP contribution < -0.4 is 10.5 Å². The molecule has 3 N–H and O–H groups in total. The molecule has 118 valence electrons. The van der Waals surface area contributed by atoms with Crippen LogP contribution in [-0.4, -0.2) is 48.6 Å². The second kappa shape index (κ2) is 6.32. The fourth-order valence-electron chi connectivity index (χ4n) is 2.40. The van der Waals surface area contributed by atoms with Crippen LogP contribution in [-0.2, 0) is 24.3 Å². The minimum absolute atomic E-state index is 0.0421. The third-order valence-corrected chi connectivity index (χ3v) is 6.01. The smallest absolute Gasteiger partial charge is 0.396 e. The molecule has 10 heteroatoms. The van der Waals surface area contributed by atoms with Crippen LogP contribution in [0.1, 0.15) is 26.2 Å². The number of sulfonamides is 1. The lowest BCUT2D eigenvalue weighted by Crippen LogP contribution is -2.45. The van der Waals surface area contributed by atoms with Gasteiger partial charge in [0.25, 0.3) is 10.0 Å². The Morgan fingerprint density at radius 3 is 2.81 bits per heavy atom. The van der Waals surface area contributed by atoms with Crippen LogP contribution in [0.5, 0.6) is 0 Å². The van der Waals surface area contributed by atoms with Gasteiger partial charge in [-0.2, -0.15) is 0 Å². The van der Waals surface area contributed by atoms with Crippen molar-refractivity contribution in [2.24, 2.45) is 10.1 Å². The van der Waals surface area contributed by atoms with Gasteiger partial charge in [0, 0.05) is 11.3 Å². The summed E-state index contributed by atoms with van der Waals surface area (Å²) >= 11 is 1.12. The lowest BCUT2D eigenvalue weighted by molar-refractivity contribution is -0.155. The number of aliphatic imine (C=N–C) groups is 1. The number of amides is 1. The van der Waals surface area contributed by atoms with Crippen LogP contribution >= 0.6 is 11.8 Å². The Hall–Kier alpha value is -1.13. The molecule has 1 fully saturated rings. The number of nitrogens with one attached hydrogen (secondary N) is 1. The second-order valence-corrected chi connectivity index (χ2v) is 7.83. The Labute approximate surface area is 126 Å². The SMILES string of the molecule is CCOC(=O)C(=O)NC1CCC2N=C(S(N)(=O)=O)SC2C1. The normalized spacial score (nSPS) is 28.5. The number of carbonyl (C=O) groups is 2. The van der Waals surface area contributed by atoms with Crippen molar-refractivity contribution in [3.05, 3.63) is 0 Å². The maximum absolute atomic E-state index is 11.6. The highest BCUT2D eigenvalue weighted by Crippen LogP contribution is 2.38. The highest BCUT2D eigenvalue weighted by molar-refractivity contribution is 8.35. The summed E-state index contributed by atoms with van der Waals surface area (Å²) in [4.78, 5) is 27.0. The summed E-state index contributed by atoms with van der Waals surface area (Å²) in [6.45, 7) is 1.76. The summed E-state index contributed by atoms with van der Waals surface area (Å²) in [5, 5.41) is 7.64. The summed E-state index contributed by atoms with van der Waals surface area (Å²) in [6.07, 6.45) is 1.82. The zero-order chi connectivity index (χ0) is 15.6. The topological polar surface area (TPSA) is 128 Å². The minimum atomic E-state index is -3.77. The van der Waals surface area contributed by atoms with Gasteiger partial charge in [-0.15, -0.1) is 0 Å². The van der Waals surface area contributed by atoms with E-state index in [-0.39, 0.29) is 28.3 Å². The molecule has 1 amide bonds. The summed E-state index contributed by atoms with van der Waals surface area (Å²) < 4.78 is 27.2. The summed E-state index contributed by atoms with van der Waals surface area (Å²) in [6, 6.07) is -0.287. The third-order valence-electron chi connectivity index (χ3n) is 3.32. The lowest BCUT2D eigenvalue weighted by Gasteiger charge is -2.29. The molecule has 3 atom stereocenters. The van der Waals surface area contributed by atoms with Crippen LogP contribution in [0.3, 0.4) is 0 Å². The van der Waals surface area contributed by atoms with Crippen molar-refractivity contribution in [3.63, 3.8) is 0 Å². The van der Waals surface area contributed by atoms with Crippen molar-refractivity contribution in [1.29, 1.82) is 0 Å². The van der Waals surface area contributed by atoms with Crippen molar-refractivity contribution in [2.45, 2.75) is 43.5 Å². The molecule has 0 aromatic heterocycles. The molecular formula is C11H17N3O5S2. The van der Waals surface area contributed by atoms with Crippen molar-refractivity contribution in [1.82, 2.24) is 5.32 Å². The minimum Gasteiger partial charge on any atom is -0.459 e. The Bertz CT molecular complexity index is 574. The molecule has 0 spiro atoms. The fraction of sp³-hybridized carbons (Fsp3) is 0.727.